The highest BCUT2D eigenvalue weighted by atomic mass is 16.3. The Bertz CT molecular complexity index is 573. The number of nitrogens with zero attached hydrogens (tertiary/aromatic N) is 2. The van der Waals surface area contributed by atoms with Crippen molar-refractivity contribution in [2.75, 3.05) is 0 Å². The number of nitrogens with one attached hydrogen (secondary N) is 1. The highest BCUT2D eigenvalue weighted by molar-refractivity contribution is 5.94. The third kappa shape index (κ3) is 3.20. The minimum Gasteiger partial charge on any atom is -0.392 e. The molecule has 100 valence electrons. The second-order valence-corrected chi connectivity index (χ2v) is 4.46. The third-order valence-corrected chi connectivity index (χ3v) is 2.92. The average molecular weight is 259 g/mol. The van der Waals surface area contributed by atoms with Crippen molar-refractivity contribution in [2.24, 2.45) is 7.05 Å². The standard InChI is InChI=1S/C14H17N3O2/c1-10-13(8-17(2)16-10)14(19)15-7-11-3-5-12(9-18)6-4-11/h3-6,8,18H,7,9H2,1-2H3,(H,15,19). The van der Waals surface area contributed by atoms with E-state index in [0.717, 1.165) is 16.8 Å². The van der Waals surface area contributed by atoms with Gasteiger partial charge in [0.15, 0.2) is 0 Å². The molecule has 0 radical (unpaired) electrons. The number of aromatic nitrogens is 2. The van der Waals surface area contributed by atoms with Crippen LogP contribution < -0.4 is 5.32 Å². The van der Waals surface area contributed by atoms with Gasteiger partial charge in [0.1, 0.15) is 0 Å². The molecule has 5 heteroatoms. The van der Waals surface area contributed by atoms with E-state index in [2.05, 4.69) is 10.4 Å². The Balaban J connectivity index is 1.98. The first-order chi connectivity index (χ1) is 9.10. The van der Waals surface area contributed by atoms with Crippen molar-refractivity contribution >= 4 is 5.91 Å². The lowest BCUT2D eigenvalue weighted by Crippen LogP contribution is -2.23. The Hall–Kier alpha value is -2.14. The van der Waals surface area contributed by atoms with Gasteiger partial charge in [-0.1, -0.05) is 24.3 Å². The summed E-state index contributed by atoms with van der Waals surface area (Å²) >= 11 is 0. The van der Waals surface area contributed by atoms with E-state index in [-0.39, 0.29) is 12.5 Å². The maximum atomic E-state index is 12.0. The SMILES string of the molecule is Cc1nn(C)cc1C(=O)NCc1ccc(CO)cc1. The maximum absolute atomic E-state index is 12.0. The minimum absolute atomic E-state index is 0.0293. The van der Waals surface area contributed by atoms with E-state index in [4.69, 9.17) is 5.11 Å². The summed E-state index contributed by atoms with van der Waals surface area (Å²) < 4.78 is 1.63. The van der Waals surface area contributed by atoms with Crippen LogP contribution in [0.25, 0.3) is 0 Å². The molecule has 1 heterocycles. The number of hydrogen-bond donors (Lipinski definition) is 2. The fourth-order valence-electron chi connectivity index (χ4n) is 1.86. The zero-order valence-corrected chi connectivity index (χ0v) is 11.1. The molecule has 2 rings (SSSR count). The van der Waals surface area contributed by atoms with Crippen molar-refractivity contribution < 1.29 is 9.90 Å². The Labute approximate surface area is 111 Å². The van der Waals surface area contributed by atoms with Crippen LogP contribution in [-0.2, 0) is 20.2 Å². The van der Waals surface area contributed by atoms with Gasteiger partial charge in [-0.2, -0.15) is 5.10 Å². The van der Waals surface area contributed by atoms with Crippen molar-refractivity contribution in [3.8, 4) is 0 Å². The summed E-state index contributed by atoms with van der Waals surface area (Å²) in [5.41, 5.74) is 3.16. The molecule has 1 amide bonds. The van der Waals surface area contributed by atoms with E-state index >= 15 is 0 Å². The summed E-state index contributed by atoms with van der Waals surface area (Å²) in [6.07, 6.45) is 1.71. The zero-order valence-electron chi connectivity index (χ0n) is 11.1. The van der Waals surface area contributed by atoms with E-state index in [1.807, 2.05) is 31.2 Å². The molecule has 2 N–H and O–H groups in total. The Morgan fingerprint density at radius 3 is 2.47 bits per heavy atom. The largest absolute Gasteiger partial charge is 0.392 e. The van der Waals surface area contributed by atoms with Crippen LogP contribution in [-0.4, -0.2) is 20.8 Å². The van der Waals surface area contributed by atoms with Crippen LogP contribution in [0, 0.1) is 6.92 Å². The summed E-state index contributed by atoms with van der Waals surface area (Å²) in [6, 6.07) is 7.47. The number of carbonyl (C=O) groups excluding carboxylic acids is 1. The first-order valence-corrected chi connectivity index (χ1v) is 6.07. The normalized spacial score (nSPS) is 10.5. The summed E-state index contributed by atoms with van der Waals surface area (Å²) in [5, 5.41) is 15.9. The molecular weight excluding hydrogens is 242 g/mol. The van der Waals surface area contributed by atoms with Crippen LogP contribution >= 0.6 is 0 Å². The predicted molar refractivity (Wildman–Crippen MR) is 71.5 cm³/mol. The van der Waals surface area contributed by atoms with E-state index < -0.39 is 0 Å². The Morgan fingerprint density at radius 2 is 1.95 bits per heavy atom. The Kier molecular flexibility index (Phi) is 3.97. The molecule has 2 aromatic rings. The lowest BCUT2D eigenvalue weighted by Gasteiger charge is -2.05. The number of benzene rings is 1. The van der Waals surface area contributed by atoms with Crippen molar-refractivity contribution in [1.82, 2.24) is 15.1 Å². The number of carbonyl (C=O) groups is 1. The molecule has 0 bridgehead atoms. The van der Waals surface area contributed by atoms with Crippen LogP contribution in [0.4, 0.5) is 0 Å². The molecule has 1 aromatic carbocycles. The molecule has 0 spiro atoms. The lowest BCUT2D eigenvalue weighted by molar-refractivity contribution is 0.0950. The molecule has 0 unspecified atom stereocenters. The van der Waals surface area contributed by atoms with E-state index in [1.165, 1.54) is 0 Å². The van der Waals surface area contributed by atoms with Crippen molar-refractivity contribution in [3.63, 3.8) is 0 Å². The number of aryl methyl sites for hydroxylation is 2. The molecule has 0 aliphatic rings. The zero-order chi connectivity index (χ0) is 13.8. The number of aliphatic hydroxyl groups excluding tert-OH is 1. The smallest absolute Gasteiger partial charge is 0.255 e. The summed E-state index contributed by atoms with van der Waals surface area (Å²) in [4.78, 5) is 12.0. The summed E-state index contributed by atoms with van der Waals surface area (Å²) in [6.45, 7) is 2.30. The van der Waals surface area contributed by atoms with Crippen molar-refractivity contribution in [3.05, 3.63) is 52.8 Å². The van der Waals surface area contributed by atoms with Crippen LogP contribution in [0.1, 0.15) is 27.2 Å². The number of hydrogen-bond acceptors (Lipinski definition) is 3. The van der Waals surface area contributed by atoms with Crippen LogP contribution in [0.2, 0.25) is 0 Å². The third-order valence-electron chi connectivity index (χ3n) is 2.92. The quantitative estimate of drug-likeness (QED) is 0.865. The molecule has 0 saturated heterocycles. The second kappa shape index (κ2) is 5.67. The highest BCUT2D eigenvalue weighted by Gasteiger charge is 2.11. The van der Waals surface area contributed by atoms with Gasteiger partial charge in [-0.25, -0.2) is 0 Å². The summed E-state index contributed by atoms with van der Waals surface area (Å²) in [5.74, 6) is -0.128. The molecule has 0 aliphatic carbocycles. The fraction of sp³-hybridized carbons (Fsp3) is 0.286. The first kappa shape index (κ1) is 13.3. The van der Waals surface area contributed by atoms with Crippen LogP contribution in [0.15, 0.2) is 30.5 Å². The maximum Gasteiger partial charge on any atom is 0.255 e. The fourth-order valence-corrected chi connectivity index (χ4v) is 1.86. The molecule has 19 heavy (non-hydrogen) atoms. The van der Waals surface area contributed by atoms with Crippen molar-refractivity contribution in [1.29, 1.82) is 0 Å². The highest BCUT2D eigenvalue weighted by Crippen LogP contribution is 2.07. The molecule has 0 aliphatic heterocycles. The van der Waals surface area contributed by atoms with Gasteiger partial charge < -0.3 is 10.4 Å². The van der Waals surface area contributed by atoms with Gasteiger partial charge in [0.2, 0.25) is 0 Å². The molecule has 0 atom stereocenters. The Morgan fingerprint density at radius 1 is 1.32 bits per heavy atom. The average Bonchev–Trinajstić information content (AvgIpc) is 2.75. The number of aliphatic hydroxyl groups is 1. The minimum atomic E-state index is -0.128. The van der Waals surface area contributed by atoms with E-state index in [1.54, 1.807) is 17.9 Å². The molecular formula is C14H17N3O2. The second-order valence-electron chi connectivity index (χ2n) is 4.46. The number of rotatable bonds is 4. The van der Waals surface area contributed by atoms with Gasteiger partial charge in [0, 0.05) is 19.8 Å². The predicted octanol–water partition coefficient (Wildman–Crippen LogP) is 1.15. The first-order valence-electron chi connectivity index (χ1n) is 6.07. The van der Waals surface area contributed by atoms with Crippen molar-refractivity contribution in [2.45, 2.75) is 20.1 Å². The van der Waals surface area contributed by atoms with E-state index in [0.29, 0.717) is 12.1 Å². The lowest BCUT2D eigenvalue weighted by atomic mass is 10.1. The van der Waals surface area contributed by atoms with Gasteiger partial charge in [-0.3, -0.25) is 9.48 Å². The van der Waals surface area contributed by atoms with Gasteiger partial charge in [-0.05, 0) is 18.1 Å². The molecule has 0 fully saturated rings. The van der Waals surface area contributed by atoms with Gasteiger partial charge in [0.25, 0.3) is 5.91 Å². The molecule has 1 aromatic heterocycles. The van der Waals surface area contributed by atoms with E-state index in [9.17, 15) is 4.79 Å². The van der Waals surface area contributed by atoms with Crippen LogP contribution in [0.3, 0.4) is 0 Å². The van der Waals surface area contributed by atoms with Gasteiger partial charge >= 0.3 is 0 Å². The van der Waals surface area contributed by atoms with Gasteiger partial charge in [-0.15, -0.1) is 0 Å². The molecule has 0 saturated carbocycles. The van der Waals surface area contributed by atoms with Gasteiger partial charge in [0.05, 0.1) is 17.9 Å². The number of amides is 1. The molecule has 5 nitrogen and oxygen atoms in total. The topological polar surface area (TPSA) is 67.2 Å². The van der Waals surface area contributed by atoms with Crippen LogP contribution in [0.5, 0.6) is 0 Å². The summed E-state index contributed by atoms with van der Waals surface area (Å²) in [7, 11) is 1.79. The monoisotopic (exact) mass is 259 g/mol.